The predicted molar refractivity (Wildman–Crippen MR) is 126 cm³/mol. The summed E-state index contributed by atoms with van der Waals surface area (Å²) in [5.74, 6) is -0.942. The number of esters is 1. The summed E-state index contributed by atoms with van der Waals surface area (Å²) < 4.78 is 6.55. The van der Waals surface area contributed by atoms with Crippen LogP contribution in [0.1, 0.15) is 33.3 Å². The lowest BCUT2D eigenvalue weighted by Gasteiger charge is -2.07. The van der Waals surface area contributed by atoms with Crippen molar-refractivity contribution in [3.63, 3.8) is 0 Å². The fourth-order valence-corrected chi connectivity index (χ4v) is 3.02. The molecule has 2 amide bonds. The number of aromatic nitrogens is 1. The van der Waals surface area contributed by atoms with Gasteiger partial charge in [-0.25, -0.2) is 0 Å². The first-order valence-corrected chi connectivity index (χ1v) is 9.75. The second kappa shape index (κ2) is 11.0. The Labute approximate surface area is 192 Å². The van der Waals surface area contributed by atoms with E-state index < -0.39 is 0 Å². The molecule has 2 aromatic carbocycles. The van der Waals surface area contributed by atoms with Gasteiger partial charge >= 0.3 is 5.97 Å². The van der Waals surface area contributed by atoms with Crippen LogP contribution in [0, 0.1) is 0 Å². The molecule has 0 fully saturated rings. The Morgan fingerprint density at radius 2 is 1.66 bits per heavy atom. The summed E-state index contributed by atoms with van der Waals surface area (Å²) >= 11 is 0. The maximum Gasteiger partial charge on any atom is 0.310 e. The third-order valence-corrected chi connectivity index (χ3v) is 4.51. The number of ether oxygens (including phenoxy) is 1. The van der Waals surface area contributed by atoms with Crippen LogP contribution in [0.25, 0.3) is 0 Å². The van der Waals surface area contributed by atoms with Gasteiger partial charge in [0.2, 0.25) is 0 Å². The van der Waals surface area contributed by atoms with E-state index in [1.807, 2.05) is 0 Å². The van der Waals surface area contributed by atoms with Gasteiger partial charge in [0, 0.05) is 30.2 Å². The molecule has 1 heterocycles. The number of carbonyl (C=O) groups excluding carboxylic acids is 3. The number of aryl methyl sites for hydroxylation is 1. The highest BCUT2D eigenvalue weighted by Crippen LogP contribution is 2.18. The van der Waals surface area contributed by atoms with Crippen LogP contribution < -0.4 is 16.4 Å². The molecular weight excluding hydrogens is 432 g/mol. The lowest BCUT2D eigenvalue weighted by atomic mass is 10.1. The van der Waals surface area contributed by atoms with E-state index in [0.29, 0.717) is 34.9 Å². The van der Waals surface area contributed by atoms with Gasteiger partial charge in [-0.15, -0.1) is 12.4 Å². The molecular formula is C23H25ClN4O4. The molecule has 1 aromatic heterocycles. The fourth-order valence-electron chi connectivity index (χ4n) is 3.02. The van der Waals surface area contributed by atoms with Crippen molar-refractivity contribution in [3.05, 3.63) is 77.6 Å². The van der Waals surface area contributed by atoms with Gasteiger partial charge in [-0.1, -0.05) is 18.2 Å². The van der Waals surface area contributed by atoms with Gasteiger partial charge in [-0.3, -0.25) is 14.4 Å². The highest BCUT2D eigenvalue weighted by atomic mass is 35.5. The van der Waals surface area contributed by atoms with Gasteiger partial charge < -0.3 is 25.7 Å². The lowest BCUT2D eigenvalue weighted by Crippen LogP contribution is -2.15. The summed E-state index contributed by atoms with van der Waals surface area (Å²) in [5.41, 5.74) is 8.89. The van der Waals surface area contributed by atoms with Crippen LogP contribution >= 0.6 is 12.4 Å². The van der Waals surface area contributed by atoms with Gasteiger partial charge in [0.25, 0.3) is 11.8 Å². The Kier molecular flexibility index (Phi) is 8.43. The number of carbonyl (C=O) groups is 3. The molecule has 0 atom stereocenters. The van der Waals surface area contributed by atoms with Gasteiger partial charge in [0.15, 0.2) is 0 Å². The maximum atomic E-state index is 12.7. The molecule has 0 aliphatic carbocycles. The largest absolute Gasteiger partial charge is 0.466 e. The molecule has 0 unspecified atom stereocenters. The van der Waals surface area contributed by atoms with Crippen molar-refractivity contribution in [1.82, 2.24) is 4.57 Å². The van der Waals surface area contributed by atoms with E-state index >= 15 is 0 Å². The van der Waals surface area contributed by atoms with Crippen molar-refractivity contribution in [2.45, 2.75) is 13.3 Å². The third kappa shape index (κ3) is 6.36. The molecule has 0 spiro atoms. The fraction of sp³-hybridized carbons (Fsp3) is 0.174. The average molecular weight is 457 g/mol. The standard InChI is InChI=1S/C23H24N4O4.ClH/c1-3-31-21(28)11-15-7-9-18(10-8-15)25-23(30)20-13-19(14-27(20)2)26-22(29)16-5-4-6-17(24)12-16;/h4-10,12-14H,3,11,24H2,1-2H3,(H,25,30)(H,26,29);1H. The van der Waals surface area contributed by atoms with Crippen LogP contribution in [0.2, 0.25) is 0 Å². The van der Waals surface area contributed by atoms with Crippen LogP contribution in [-0.4, -0.2) is 29.0 Å². The number of halogens is 1. The molecule has 8 nitrogen and oxygen atoms in total. The Balaban J connectivity index is 0.00000363. The van der Waals surface area contributed by atoms with Crippen molar-refractivity contribution in [1.29, 1.82) is 0 Å². The molecule has 3 rings (SSSR count). The number of rotatable bonds is 7. The van der Waals surface area contributed by atoms with E-state index in [0.717, 1.165) is 5.56 Å². The molecule has 0 saturated carbocycles. The molecule has 32 heavy (non-hydrogen) atoms. The minimum Gasteiger partial charge on any atom is -0.466 e. The van der Waals surface area contributed by atoms with E-state index in [4.69, 9.17) is 10.5 Å². The van der Waals surface area contributed by atoms with E-state index in [9.17, 15) is 14.4 Å². The third-order valence-electron chi connectivity index (χ3n) is 4.51. The lowest BCUT2D eigenvalue weighted by molar-refractivity contribution is -0.142. The van der Waals surface area contributed by atoms with Gasteiger partial charge in [-0.05, 0) is 48.9 Å². The molecule has 0 saturated heterocycles. The van der Waals surface area contributed by atoms with Crippen LogP contribution in [0.5, 0.6) is 0 Å². The normalized spacial score (nSPS) is 10.1. The Morgan fingerprint density at radius 3 is 2.31 bits per heavy atom. The number of amides is 2. The molecule has 168 valence electrons. The zero-order valence-electron chi connectivity index (χ0n) is 17.8. The molecule has 0 radical (unpaired) electrons. The highest BCUT2D eigenvalue weighted by Gasteiger charge is 2.15. The van der Waals surface area contributed by atoms with Crippen LogP contribution in [0.3, 0.4) is 0 Å². The van der Waals surface area contributed by atoms with Crippen molar-refractivity contribution in [3.8, 4) is 0 Å². The Bertz CT molecular complexity index is 1110. The van der Waals surface area contributed by atoms with Crippen molar-refractivity contribution in [2.75, 3.05) is 23.0 Å². The van der Waals surface area contributed by atoms with E-state index in [2.05, 4.69) is 10.6 Å². The molecule has 9 heteroatoms. The average Bonchev–Trinajstić information content (AvgIpc) is 3.09. The summed E-state index contributed by atoms with van der Waals surface area (Å²) in [6.07, 6.45) is 1.83. The molecule has 3 aromatic rings. The highest BCUT2D eigenvalue weighted by molar-refractivity contribution is 6.07. The number of nitrogen functional groups attached to an aromatic ring is 1. The molecule has 0 bridgehead atoms. The van der Waals surface area contributed by atoms with Gasteiger partial charge in [-0.2, -0.15) is 0 Å². The maximum absolute atomic E-state index is 12.7. The van der Waals surface area contributed by atoms with E-state index in [1.165, 1.54) is 0 Å². The van der Waals surface area contributed by atoms with Crippen molar-refractivity contribution in [2.24, 2.45) is 7.05 Å². The molecule has 4 N–H and O–H groups in total. The number of hydrogen-bond donors (Lipinski definition) is 3. The number of benzene rings is 2. The second-order valence-corrected chi connectivity index (χ2v) is 6.94. The minimum atomic E-state index is -0.329. The van der Waals surface area contributed by atoms with E-state index in [-0.39, 0.29) is 36.6 Å². The first-order chi connectivity index (χ1) is 14.9. The Hall–Kier alpha value is -3.78. The molecule has 0 aliphatic heterocycles. The molecule has 0 aliphatic rings. The first-order valence-electron chi connectivity index (χ1n) is 9.75. The summed E-state index contributed by atoms with van der Waals surface area (Å²) in [6, 6.07) is 15.2. The topological polar surface area (TPSA) is 115 Å². The number of anilines is 3. The van der Waals surface area contributed by atoms with Crippen LogP contribution in [-0.2, 0) is 23.0 Å². The smallest absolute Gasteiger partial charge is 0.310 e. The summed E-state index contributed by atoms with van der Waals surface area (Å²) in [6.45, 7) is 2.10. The van der Waals surface area contributed by atoms with E-state index in [1.54, 1.807) is 79.3 Å². The first kappa shape index (κ1) is 24.5. The SMILES string of the molecule is CCOC(=O)Cc1ccc(NC(=O)c2cc(NC(=O)c3cccc(N)c3)cn2C)cc1.Cl. The number of nitrogens with two attached hydrogens (primary N) is 1. The summed E-state index contributed by atoms with van der Waals surface area (Å²) in [5, 5.41) is 5.57. The minimum absolute atomic E-state index is 0. The van der Waals surface area contributed by atoms with Crippen molar-refractivity contribution >= 4 is 47.3 Å². The second-order valence-electron chi connectivity index (χ2n) is 6.94. The van der Waals surface area contributed by atoms with Crippen LogP contribution in [0.15, 0.2) is 60.8 Å². The zero-order valence-corrected chi connectivity index (χ0v) is 18.6. The number of nitrogens with one attached hydrogen (secondary N) is 2. The Morgan fingerprint density at radius 1 is 0.969 bits per heavy atom. The summed E-state index contributed by atoms with van der Waals surface area (Å²) in [7, 11) is 1.72. The quantitative estimate of drug-likeness (QED) is 0.371. The van der Waals surface area contributed by atoms with Crippen molar-refractivity contribution < 1.29 is 19.1 Å². The van der Waals surface area contributed by atoms with Gasteiger partial charge in [0.05, 0.1) is 18.7 Å². The number of nitrogens with zero attached hydrogens (tertiary/aromatic N) is 1. The number of hydrogen-bond acceptors (Lipinski definition) is 5. The monoisotopic (exact) mass is 456 g/mol. The van der Waals surface area contributed by atoms with Gasteiger partial charge in [0.1, 0.15) is 5.69 Å². The zero-order chi connectivity index (χ0) is 22.4. The van der Waals surface area contributed by atoms with Crippen LogP contribution in [0.4, 0.5) is 17.1 Å². The predicted octanol–water partition coefficient (Wildman–Crippen LogP) is 3.64. The summed E-state index contributed by atoms with van der Waals surface area (Å²) in [4.78, 5) is 36.6.